The van der Waals surface area contributed by atoms with Crippen molar-refractivity contribution in [2.45, 2.75) is 13.3 Å². The molecule has 1 fully saturated rings. The molecule has 1 aromatic heterocycles. The van der Waals surface area contributed by atoms with Crippen molar-refractivity contribution < 1.29 is 4.79 Å². The van der Waals surface area contributed by atoms with Crippen LogP contribution in [0.4, 0.5) is 0 Å². The van der Waals surface area contributed by atoms with Crippen LogP contribution in [0.2, 0.25) is 0 Å². The number of H-pyrrole nitrogens is 1. The predicted octanol–water partition coefficient (Wildman–Crippen LogP) is -0.318. The molecule has 1 N–H and O–H groups in total. The van der Waals surface area contributed by atoms with Crippen molar-refractivity contribution in [1.29, 1.82) is 0 Å². The normalized spacial score (nSPS) is 17.2. The van der Waals surface area contributed by atoms with Crippen LogP contribution in [-0.2, 0) is 0 Å². The molecule has 2 heterocycles. The Hall–Kier alpha value is -1.46. The highest BCUT2D eigenvalue weighted by atomic mass is 16.2. The Morgan fingerprint density at radius 1 is 1.69 bits per heavy atom. The lowest BCUT2D eigenvalue weighted by atomic mass is 9.97. The number of hydrogen-bond donors (Lipinski definition) is 1. The summed E-state index contributed by atoms with van der Waals surface area (Å²) in [6, 6.07) is 0. The molecule has 0 atom stereocenters. The zero-order valence-corrected chi connectivity index (χ0v) is 7.40. The number of aromatic amines is 1. The van der Waals surface area contributed by atoms with Gasteiger partial charge in [0.2, 0.25) is 0 Å². The summed E-state index contributed by atoms with van der Waals surface area (Å²) >= 11 is 0. The Morgan fingerprint density at radius 2 is 2.46 bits per heavy atom. The van der Waals surface area contributed by atoms with Gasteiger partial charge < -0.3 is 4.90 Å². The third-order valence-electron chi connectivity index (χ3n) is 2.36. The van der Waals surface area contributed by atoms with E-state index < -0.39 is 0 Å². The first-order valence-electron chi connectivity index (χ1n) is 4.34. The summed E-state index contributed by atoms with van der Waals surface area (Å²) < 4.78 is 0. The van der Waals surface area contributed by atoms with Gasteiger partial charge in [-0.25, -0.2) is 0 Å². The third kappa shape index (κ3) is 1.39. The van der Waals surface area contributed by atoms with Gasteiger partial charge in [0.15, 0.2) is 0 Å². The minimum absolute atomic E-state index is 0.126. The average molecular weight is 181 g/mol. The Labute approximate surface area is 75.3 Å². The number of likely N-dealkylation sites (tertiary alicyclic amines) is 1. The van der Waals surface area contributed by atoms with Gasteiger partial charge in [0.05, 0.1) is 0 Å². The number of aromatic nitrogens is 4. The second kappa shape index (κ2) is 3.12. The van der Waals surface area contributed by atoms with Gasteiger partial charge in [-0.1, -0.05) is 6.92 Å². The monoisotopic (exact) mass is 181 g/mol. The average Bonchev–Trinajstić information content (AvgIpc) is 2.53. The van der Waals surface area contributed by atoms with Gasteiger partial charge in [-0.3, -0.25) is 4.79 Å². The minimum atomic E-state index is -0.126. The molecule has 1 saturated heterocycles. The van der Waals surface area contributed by atoms with Crippen molar-refractivity contribution in [2.24, 2.45) is 5.92 Å². The molecule has 2 rings (SSSR count). The maximum absolute atomic E-state index is 11.5. The van der Waals surface area contributed by atoms with Crippen LogP contribution in [0.5, 0.6) is 0 Å². The molecule has 1 aliphatic heterocycles. The first kappa shape index (κ1) is 8.15. The number of rotatable bonds is 2. The number of carbonyl (C=O) groups excluding carboxylic acids is 1. The van der Waals surface area contributed by atoms with E-state index in [4.69, 9.17) is 0 Å². The van der Waals surface area contributed by atoms with E-state index in [1.807, 2.05) is 0 Å². The van der Waals surface area contributed by atoms with Crippen molar-refractivity contribution in [3.8, 4) is 0 Å². The maximum Gasteiger partial charge on any atom is 0.295 e. The fraction of sp³-hybridized carbons (Fsp3) is 0.714. The zero-order valence-electron chi connectivity index (χ0n) is 7.40. The zero-order chi connectivity index (χ0) is 9.26. The van der Waals surface area contributed by atoms with Gasteiger partial charge in [0.1, 0.15) is 0 Å². The first-order chi connectivity index (χ1) is 6.31. The number of carbonyl (C=O) groups is 1. The summed E-state index contributed by atoms with van der Waals surface area (Å²) in [5.74, 6) is 0.684. The molecule has 6 heteroatoms. The van der Waals surface area contributed by atoms with Gasteiger partial charge in [0.25, 0.3) is 11.7 Å². The number of nitrogens with one attached hydrogen (secondary N) is 1. The van der Waals surface area contributed by atoms with Crippen LogP contribution in [0.3, 0.4) is 0 Å². The number of hydrogen-bond acceptors (Lipinski definition) is 4. The number of tetrazole rings is 1. The van der Waals surface area contributed by atoms with Crippen LogP contribution in [-0.4, -0.2) is 44.5 Å². The highest BCUT2D eigenvalue weighted by molar-refractivity contribution is 5.90. The molecule has 13 heavy (non-hydrogen) atoms. The van der Waals surface area contributed by atoms with Gasteiger partial charge >= 0.3 is 0 Å². The lowest BCUT2D eigenvalue weighted by Gasteiger charge is -2.37. The quantitative estimate of drug-likeness (QED) is 0.678. The van der Waals surface area contributed by atoms with Gasteiger partial charge in [0, 0.05) is 13.1 Å². The summed E-state index contributed by atoms with van der Waals surface area (Å²) in [5, 5.41) is 12.9. The van der Waals surface area contributed by atoms with Gasteiger partial charge in [-0.15, -0.1) is 10.2 Å². The molecule has 70 valence electrons. The van der Waals surface area contributed by atoms with Gasteiger partial charge in [-0.2, -0.15) is 5.21 Å². The van der Waals surface area contributed by atoms with E-state index in [1.165, 1.54) is 0 Å². The van der Waals surface area contributed by atoms with Crippen molar-refractivity contribution >= 4 is 5.91 Å². The van der Waals surface area contributed by atoms with Crippen LogP contribution in [0.25, 0.3) is 0 Å². The van der Waals surface area contributed by atoms with E-state index in [0.29, 0.717) is 5.92 Å². The highest BCUT2D eigenvalue weighted by Gasteiger charge is 2.31. The molecule has 0 spiro atoms. The molecule has 0 radical (unpaired) electrons. The molecule has 0 unspecified atom stereocenters. The van der Waals surface area contributed by atoms with Crippen LogP contribution in [0.1, 0.15) is 24.0 Å². The standard InChI is InChI=1S/C7H11N5O/c1-2-5-3-12(4-5)7(13)6-8-10-11-9-6/h5H,2-4H2,1H3,(H,8,9,10,11). The molecule has 0 aliphatic carbocycles. The first-order valence-corrected chi connectivity index (χ1v) is 4.34. The summed E-state index contributed by atoms with van der Waals surface area (Å²) in [5.41, 5.74) is 0. The topological polar surface area (TPSA) is 74.8 Å². The maximum atomic E-state index is 11.5. The second-order valence-corrected chi connectivity index (χ2v) is 3.22. The van der Waals surface area contributed by atoms with E-state index in [0.717, 1.165) is 19.5 Å². The molecule has 0 saturated carbocycles. The molecular formula is C7H11N5O. The minimum Gasteiger partial charge on any atom is -0.335 e. The van der Waals surface area contributed by atoms with Crippen LogP contribution in [0, 0.1) is 5.92 Å². The van der Waals surface area contributed by atoms with Crippen LogP contribution in [0.15, 0.2) is 0 Å². The van der Waals surface area contributed by atoms with E-state index in [2.05, 4.69) is 27.5 Å². The van der Waals surface area contributed by atoms with Gasteiger partial charge in [-0.05, 0) is 17.6 Å². The fourth-order valence-electron chi connectivity index (χ4n) is 1.39. The number of amides is 1. The Kier molecular flexibility index (Phi) is 1.96. The summed E-state index contributed by atoms with van der Waals surface area (Å²) in [4.78, 5) is 13.2. The van der Waals surface area contributed by atoms with E-state index in [1.54, 1.807) is 4.90 Å². The van der Waals surface area contributed by atoms with Crippen molar-refractivity contribution in [1.82, 2.24) is 25.5 Å². The third-order valence-corrected chi connectivity index (χ3v) is 2.36. The number of nitrogens with zero attached hydrogens (tertiary/aromatic N) is 4. The Bertz CT molecular complexity index is 290. The summed E-state index contributed by atoms with van der Waals surface area (Å²) in [6.45, 7) is 3.77. The van der Waals surface area contributed by atoms with Crippen molar-refractivity contribution in [3.05, 3.63) is 5.82 Å². The second-order valence-electron chi connectivity index (χ2n) is 3.22. The smallest absolute Gasteiger partial charge is 0.295 e. The molecule has 0 aromatic carbocycles. The van der Waals surface area contributed by atoms with E-state index >= 15 is 0 Å². The predicted molar refractivity (Wildman–Crippen MR) is 43.9 cm³/mol. The van der Waals surface area contributed by atoms with E-state index in [9.17, 15) is 4.79 Å². The Morgan fingerprint density at radius 3 is 3.00 bits per heavy atom. The molecule has 1 aliphatic rings. The fourth-order valence-corrected chi connectivity index (χ4v) is 1.39. The molecule has 1 amide bonds. The summed E-state index contributed by atoms with van der Waals surface area (Å²) in [6.07, 6.45) is 1.12. The largest absolute Gasteiger partial charge is 0.335 e. The molecule has 1 aromatic rings. The molecular weight excluding hydrogens is 170 g/mol. The SMILES string of the molecule is CCC1CN(C(=O)c2nn[nH]n2)C1. The van der Waals surface area contributed by atoms with Crippen LogP contribution >= 0.6 is 0 Å². The summed E-state index contributed by atoms with van der Waals surface area (Å²) in [7, 11) is 0. The van der Waals surface area contributed by atoms with E-state index in [-0.39, 0.29) is 11.7 Å². The lowest BCUT2D eigenvalue weighted by Crippen LogP contribution is -2.49. The highest BCUT2D eigenvalue weighted by Crippen LogP contribution is 2.19. The molecule has 0 bridgehead atoms. The van der Waals surface area contributed by atoms with Crippen molar-refractivity contribution in [2.75, 3.05) is 13.1 Å². The molecule has 6 nitrogen and oxygen atoms in total. The lowest BCUT2D eigenvalue weighted by molar-refractivity contribution is 0.0482. The van der Waals surface area contributed by atoms with Crippen LogP contribution < -0.4 is 0 Å². The Balaban J connectivity index is 1.94. The van der Waals surface area contributed by atoms with Crippen molar-refractivity contribution in [3.63, 3.8) is 0 Å².